The summed E-state index contributed by atoms with van der Waals surface area (Å²) in [6, 6.07) is 20.6. The lowest BCUT2D eigenvalue weighted by Crippen LogP contribution is -2.02. The van der Waals surface area contributed by atoms with Crippen molar-refractivity contribution in [2.45, 2.75) is 46.1 Å². The zero-order valence-electron chi connectivity index (χ0n) is 17.5. The molecule has 3 aromatic rings. The highest BCUT2D eigenvalue weighted by Gasteiger charge is 2.47. The van der Waals surface area contributed by atoms with Gasteiger partial charge in [-0.05, 0) is 85.3 Å². The van der Waals surface area contributed by atoms with Crippen LogP contribution in [-0.2, 0) is 0 Å². The molecule has 0 spiro atoms. The summed E-state index contributed by atoms with van der Waals surface area (Å²) in [5.74, 6) is 2.05. The van der Waals surface area contributed by atoms with E-state index in [2.05, 4.69) is 44.2 Å². The molecule has 3 atom stereocenters. The summed E-state index contributed by atoms with van der Waals surface area (Å²) in [5, 5.41) is 19.7. The summed E-state index contributed by atoms with van der Waals surface area (Å²) in [6.07, 6.45) is 3.78. The zero-order chi connectivity index (χ0) is 20.5. The highest BCUT2D eigenvalue weighted by molar-refractivity contribution is 5.90. The smallest absolute Gasteiger partial charge is 0.126 e. The number of phenols is 1. The molecule has 0 aromatic heterocycles. The van der Waals surface area contributed by atoms with Crippen molar-refractivity contribution in [3.63, 3.8) is 0 Å². The van der Waals surface area contributed by atoms with Crippen LogP contribution in [0.25, 0.3) is 22.3 Å². The number of aliphatic hydroxyl groups is 1. The van der Waals surface area contributed by atoms with E-state index in [9.17, 15) is 5.11 Å². The van der Waals surface area contributed by atoms with Crippen LogP contribution in [0.1, 0.15) is 36.0 Å². The molecule has 5 rings (SSSR count). The molecular weight excluding hydrogens is 356 g/mol. The lowest BCUT2D eigenvalue weighted by molar-refractivity contribution is 0.159. The van der Waals surface area contributed by atoms with Crippen LogP contribution in [-0.4, -0.2) is 16.3 Å². The molecule has 150 valence electrons. The maximum absolute atomic E-state index is 10.7. The van der Waals surface area contributed by atoms with E-state index in [1.807, 2.05) is 37.3 Å². The van der Waals surface area contributed by atoms with Crippen LogP contribution < -0.4 is 0 Å². The molecule has 29 heavy (non-hydrogen) atoms. The van der Waals surface area contributed by atoms with Gasteiger partial charge in [0.25, 0.3) is 0 Å². The van der Waals surface area contributed by atoms with Gasteiger partial charge in [-0.15, -0.1) is 0 Å². The predicted molar refractivity (Wildman–Crippen MR) is 120 cm³/mol. The van der Waals surface area contributed by atoms with Gasteiger partial charge >= 0.3 is 0 Å². The van der Waals surface area contributed by atoms with Crippen LogP contribution in [0.4, 0.5) is 0 Å². The Morgan fingerprint density at radius 2 is 1.31 bits per heavy atom. The van der Waals surface area contributed by atoms with Crippen LogP contribution in [0.5, 0.6) is 5.75 Å². The molecule has 2 nitrogen and oxygen atoms in total. The van der Waals surface area contributed by atoms with Gasteiger partial charge in [0.05, 0.1) is 6.10 Å². The summed E-state index contributed by atoms with van der Waals surface area (Å²) in [4.78, 5) is 0. The molecule has 2 fully saturated rings. The fraction of sp³-hybridized carbons (Fsp3) is 0.333. The maximum Gasteiger partial charge on any atom is 0.126 e. The van der Waals surface area contributed by atoms with Crippen LogP contribution in [0.3, 0.4) is 0 Å². The fourth-order valence-electron chi connectivity index (χ4n) is 4.59. The third kappa shape index (κ3) is 3.95. The molecule has 3 unspecified atom stereocenters. The molecular formula is C27H30O2. The van der Waals surface area contributed by atoms with Gasteiger partial charge in [0, 0.05) is 5.56 Å². The Bertz CT molecular complexity index is 1020. The van der Waals surface area contributed by atoms with E-state index in [1.165, 1.54) is 24.0 Å². The summed E-state index contributed by atoms with van der Waals surface area (Å²) in [5.41, 5.74) is 7.52. The molecule has 0 aliphatic heterocycles. The van der Waals surface area contributed by atoms with Gasteiger partial charge in [0.1, 0.15) is 5.75 Å². The first-order valence-electron chi connectivity index (χ1n) is 10.6. The Morgan fingerprint density at radius 3 is 1.79 bits per heavy atom. The highest BCUT2D eigenvalue weighted by Crippen LogP contribution is 2.51. The molecule has 0 heterocycles. The summed E-state index contributed by atoms with van der Waals surface area (Å²) < 4.78 is 0. The molecule has 2 N–H and O–H groups in total. The van der Waals surface area contributed by atoms with Gasteiger partial charge in [-0.2, -0.15) is 0 Å². The second-order valence-corrected chi connectivity index (χ2v) is 8.59. The van der Waals surface area contributed by atoms with Crippen molar-refractivity contribution >= 4 is 0 Å². The van der Waals surface area contributed by atoms with Gasteiger partial charge in [0.2, 0.25) is 0 Å². The van der Waals surface area contributed by atoms with Gasteiger partial charge < -0.3 is 10.2 Å². The first kappa shape index (κ1) is 19.7. The van der Waals surface area contributed by atoms with Crippen molar-refractivity contribution in [2.75, 3.05) is 0 Å². The monoisotopic (exact) mass is 386 g/mol. The van der Waals surface area contributed by atoms with Crippen molar-refractivity contribution in [1.82, 2.24) is 0 Å². The molecule has 2 aliphatic carbocycles. The maximum atomic E-state index is 10.7. The van der Waals surface area contributed by atoms with E-state index < -0.39 is 0 Å². The van der Waals surface area contributed by atoms with Gasteiger partial charge in [0.15, 0.2) is 0 Å². The molecule has 0 amide bonds. The van der Waals surface area contributed by atoms with Crippen LogP contribution >= 0.6 is 0 Å². The van der Waals surface area contributed by atoms with Crippen molar-refractivity contribution in [3.8, 4) is 28.0 Å². The van der Waals surface area contributed by atoms with Crippen LogP contribution in [0, 0.1) is 32.6 Å². The average molecular weight is 387 g/mol. The number of fused-ring (bicyclic) bond motifs is 1. The van der Waals surface area contributed by atoms with Crippen molar-refractivity contribution in [1.29, 1.82) is 0 Å². The second-order valence-electron chi connectivity index (χ2n) is 8.59. The Balaban J connectivity index is 0.000000243. The summed E-state index contributed by atoms with van der Waals surface area (Å²) >= 11 is 0. The molecule has 0 saturated heterocycles. The number of hydrogen-bond acceptors (Lipinski definition) is 2. The SMILES string of the molecule is Cc1ccccc1-c1ccc(C)c(O)c1-c1ccccc1C.OC1CCC2CC12. The molecule has 2 heteroatoms. The number of aryl methyl sites for hydroxylation is 3. The Labute approximate surface area is 173 Å². The normalized spacial score (nSPS) is 21.9. The zero-order valence-corrected chi connectivity index (χ0v) is 17.5. The number of phenolic OH excluding ortho intramolecular Hbond substituents is 1. The van der Waals surface area contributed by atoms with Crippen molar-refractivity contribution < 1.29 is 10.2 Å². The Kier molecular flexibility index (Phi) is 5.47. The summed E-state index contributed by atoms with van der Waals surface area (Å²) in [6.45, 7) is 6.13. The van der Waals surface area contributed by atoms with E-state index in [4.69, 9.17) is 5.11 Å². The second kappa shape index (κ2) is 8.04. The molecule has 2 saturated carbocycles. The number of aromatic hydroxyl groups is 1. The minimum Gasteiger partial charge on any atom is -0.507 e. The van der Waals surface area contributed by atoms with Crippen LogP contribution in [0.15, 0.2) is 60.7 Å². The fourth-order valence-corrected chi connectivity index (χ4v) is 4.59. The number of hydrogen-bond donors (Lipinski definition) is 2. The Morgan fingerprint density at radius 1 is 0.690 bits per heavy atom. The number of aliphatic hydroxyl groups excluding tert-OH is 1. The highest BCUT2D eigenvalue weighted by atomic mass is 16.3. The third-order valence-electron chi connectivity index (χ3n) is 6.53. The minimum atomic E-state index is 0.0880. The predicted octanol–water partition coefficient (Wildman–Crippen LogP) is 6.43. The lowest BCUT2D eigenvalue weighted by atomic mass is 9.88. The van der Waals surface area contributed by atoms with Gasteiger partial charge in [-0.25, -0.2) is 0 Å². The molecule has 2 aliphatic rings. The number of benzene rings is 3. The quantitative estimate of drug-likeness (QED) is 0.533. The number of rotatable bonds is 2. The van der Waals surface area contributed by atoms with E-state index >= 15 is 0 Å². The molecule has 0 bridgehead atoms. The largest absolute Gasteiger partial charge is 0.507 e. The minimum absolute atomic E-state index is 0.0880. The van der Waals surface area contributed by atoms with Gasteiger partial charge in [-0.1, -0.05) is 60.7 Å². The topological polar surface area (TPSA) is 40.5 Å². The van der Waals surface area contributed by atoms with Crippen molar-refractivity contribution in [3.05, 3.63) is 77.4 Å². The third-order valence-corrected chi connectivity index (χ3v) is 6.53. The van der Waals surface area contributed by atoms with Gasteiger partial charge in [-0.3, -0.25) is 0 Å². The Hall–Kier alpha value is -2.58. The first-order chi connectivity index (χ1) is 14.0. The van der Waals surface area contributed by atoms with Crippen LogP contribution in [0.2, 0.25) is 0 Å². The van der Waals surface area contributed by atoms with E-state index in [0.29, 0.717) is 5.75 Å². The van der Waals surface area contributed by atoms with E-state index in [0.717, 1.165) is 46.1 Å². The average Bonchev–Trinajstić information content (AvgIpc) is 3.42. The molecule has 3 aromatic carbocycles. The first-order valence-corrected chi connectivity index (χ1v) is 10.6. The van der Waals surface area contributed by atoms with Crippen molar-refractivity contribution in [2.24, 2.45) is 11.8 Å². The van der Waals surface area contributed by atoms with E-state index in [-0.39, 0.29) is 6.10 Å². The standard InChI is InChI=1S/C21H20O.C6H10O/c1-14-8-4-6-10-17(14)19-13-12-16(3)21(22)20(19)18-11-7-5-9-15(18)2;7-6-2-1-4-3-5(4)6/h4-13,22H,1-3H3;4-7H,1-3H2. The van der Waals surface area contributed by atoms with E-state index in [1.54, 1.807) is 0 Å². The lowest BCUT2D eigenvalue weighted by Gasteiger charge is -2.17. The summed E-state index contributed by atoms with van der Waals surface area (Å²) in [7, 11) is 0. The molecule has 0 radical (unpaired) electrons.